The Morgan fingerprint density at radius 2 is 1.55 bits per heavy atom. The summed E-state index contributed by atoms with van der Waals surface area (Å²) in [6.45, 7) is 7.26. The van der Waals surface area contributed by atoms with Gasteiger partial charge in [-0.25, -0.2) is 0 Å². The fourth-order valence-corrected chi connectivity index (χ4v) is 5.00. The van der Waals surface area contributed by atoms with Gasteiger partial charge in [0.2, 0.25) is 5.76 Å². The first kappa shape index (κ1) is 25.6. The molecular formula is C32H33NO5. The molecule has 1 aliphatic heterocycles. The molecule has 0 aliphatic carbocycles. The number of carbonyl (C=O) groups excluding carboxylic acids is 1. The fourth-order valence-electron chi connectivity index (χ4n) is 5.00. The lowest BCUT2D eigenvalue weighted by Gasteiger charge is -2.25. The number of fused-ring (bicyclic) bond motifs is 2. The average Bonchev–Trinajstić information content (AvgIpc) is 3.22. The number of nitrogens with zero attached hydrogens (tertiary/aromatic N) is 1. The normalized spacial score (nSPS) is 14.7. The summed E-state index contributed by atoms with van der Waals surface area (Å²) in [4.78, 5) is 29.3. The molecule has 0 spiro atoms. The number of hydrogen-bond acceptors (Lipinski definition) is 5. The Labute approximate surface area is 222 Å². The molecule has 1 aliphatic rings. The Balaban J connectivity index is 1.56. The molecule has 1 atom stereocenters. The first-order valence-electron chi connectivity index (χ1n) is 13.4. The highest BCUT2D eigenvalue weighted by atomic mass is 16.5. The lowest BCUT2D eigenvalue weighted by atomic mass is 9.97. The zero-order chi connectivity index (χ0) is 26.6. The van der Waals surface area contributed by atoms with Crippen LogP contribution in [0.3, 0.4) is 0 Å². The summed E-state index contributed by atoms with van der Waals surface area (Å²) in [7, 11) is 0. The number of amides is 1. The van der Waals surface area contributed by atoms with E-state index in [-0.39, 0.29) is 17.1 Å². The number of carbonyl (C=O) groups is 1. The van der Waals surface area contributed by atoms with E-state index in [1.54, 1.807) is 11.0 Å². The Hall–Kier alpha value is -4.06. The van der Waals surface area contributed by atoms with Crippen LogP contribution in [0.25, 0.3) is 11.0 Å². The Morgan fingerprint density at radius 1 is 0.842 bits per heavy atom. The van der Waals surface area contributed by atoms with E-state index < -0.39 is 6.04 Å². The first-order valence-corrected chi connectivity index (χ1v) is 13.4. The van der Waals surface area contributed by atoms with Gasteiger partial charge in [0.15, 0.2) is 5.43 Å². The van der Waals surface area contributed by atoms with Crippen LogP contribution in [0.1, 0.15) is 72.8 Å². The van der Waals surface area contributed by atoms with Crippen molar-refractivity contribution in [3.05, 3.63) is 99.4 Å². The van der Waals surface area contributed by atoms with Crippen molar-refractivity contribution >= 4 is 22.6 Å². The van der Waals surface area contributed by atoms with Crippen molar-refractivity contribution in [2.24, 2.45) is 0 Å². The summed E-state index contributed by atoms with van der Waals surface area (Å²) >= 11 is 0. The molecule has 4 aromatic rings. The predicted molar refractivity (Wildman–Crippen MR) is 150 cm³/mol. The van der Waals surface area contributed by atoms with Gasteiger partial charge in [0.1, 0.15) is 17.1 Å². The van der Waals surface area contributed by atoms with Crippen molar-refractivity contribution in [2.75, 3.05) is 18.1 Å². The second-order valence-electron chi connectivity index (χ2n) is 9.66. The molecule has 1 unspecified atom stereocenters. The molecule has 3 aromatic carbocycles. The number of ether oxygens (including phenoxy) is 2. The maximum Gasteiger partial charge on any atom is 0.295 e. The maximum atomic E-state index is 13.8. The minimum absolute atomic E-state index is 0.0847. The first-order chi connectivity index (χ1) is 18.5. The quantitative estimate of drug-likeness (QED) is 0.210. The van der Waals surface area contributed by atoms with Crippen LogP contribution in [0.4, 0.5) is 5.69 Å². The smallest absolute Gasteiger partial charge is 0.295 e. The fraction of sp³-hybridized carbons (Fsp3) is 0.312. The molecule has 2 heterocycles. The van der Waals surface area contributed by atoms with Crippen molar-refractivity contribution in [3.8, 4) is 11.5 Å². The lowest BCUT2D eigenvalue weighted by Crippen LogP contribution is -2.29. The van der Waals surface area contributed by atoms with E-state index in [1.807, 2.05) is 74.5 Å². The minimum atomic E-state index is -0.629. The molecule has 0 saturated carbocycles. The lowest BCUT2D eigenvalue weighted by molar-refractivity contribution is 0.0971. The summed E-state index contributed by atoms with van der Waals surface area (Å²) in [5.74, 6) is 1.22. The van der Waals surface area contributed by atoms with Gasteiger partial charge < -0.3 is 13.9 Å². The third-order valence-corrected chi connectivity index (χ3v) is 6.91. The topological polar surface area (TPSA) is 69.0 Å². The van der Waals surface area contributed by atoms with Gasteiger partial charge in [-0.2, -0.15) is 0 Å². The zero-order valence-electron chi connectivity index (χ0n) is 22.2. The standard InChI is InChI=1S/C32H33NO5/c1-4-6-7-8-19-37-25-14-10-22(11-15-25)29-28-30(34)26-20-21(3)9-18-27(26)38-31(28)32(35)33(29)23-12-16-24(17-13-23)36-5-2/h9-18,20,29H,4-8,19H2,1-3H3. The monoisotopic (exact) mass is 511 g/mol. The van der Waals surface area contributed by atoms with Crippen LogP contribution in [0.15, 0.2) is 75.9 Å². The van der Waals surface area contributed by atoms with Crippen molar-refractivity contribution in [1.29, 1.82) is 0 Å². The van der Waals surface area contributed by atoms with E-state index in [0.29, 0.717) is 41.2 Å². The van der Waals surface area contributed by atoms with Crippen LogP contribution >= 0.6 is 0 Å². The third-order valence-electron chi connectivity index (χ3n) is 6.91. The Bertz CT molecular complexity index is 1490. The molecule has 1 aromatic heterocycles. The zero-order valence-corrected chi connectivity index (χ0v) is 22.2. The van der Waals surface area contributed by atoms with E-state index in [1.165, 1.54) is 12.8 Å². The highest BCUT2D eigenvalue weighted by Gasteiger charge is 2.43. The van der Waals surface area contributed by atoms with Crippen LogP contribution in [0, 0.1) is 6.92 Å². The molecule has 1 amide bonds. The molecule has 196 valence electrons. The third kappa shape index (κ3) is 4.91. The van der Waals surface area contributed by atoms with Gasteiger partial charge in [-0.05, 0) is 74.4 Å². The van der Waals surface area contributed by atoms with Gasteiger partial charge in [-0.3, -0.25) is 14.5 Å². The summed E-state index contributed by atoms with van der Waals surface area (Å²) in [6, 6.07) is 19.8. The highest BCUT2D eigenvalue weighted by molar-refractivity contribution is 6.10. The SMILES string of the molecule is CCCCCCOc1ccc(C2c3c(oc4ccc(C)cc4c3=O)C(=O)N2c2ccc(OCC)cc2)cc1. The van der Waals surface area contributed by atoms with Crippen LogP contribution < -0.4 is 19.8 Å². The second kappa shape index (κ2) is 11.1. The summed E-state index contributed by atoms with van der Waals surface area (Å²) in [6.07, 6.45) is 4.55. The maximum absolute atomic E-state index is 13.8. The molecule has 0 N–H and O–H groups in total. The minimum Gasteiger partial charge on any atom is -0.494 e. The van der Waals surface area contributed by atoms with Crippen LogP contribution in [-0.4, -0.2) is 19.1 Å². The number of rotatable bonds is 10. The van der Waals surface area contributed by atoms with Gasteiger partial charge in [-0.15, -0.1) is 0 Å². The second-order valence-corrected chi connectivity index (χ2v) is 9.66. The molecule has 0 bridgehead atoms. The van der Waals surface area contributed by atoms with Crippen molar-refractivity contribution in [1.82, 2.24) is 0 Å². The number of anilines is 1. The predicted octanol–water partition coefficient (Wildman–Crippen LogP) is 7.21. The van der Waals surface area contributed by atoms with E-state index in [2.05, 4.69) is 6.92 Å². The number of benzene rings is 3. The molecule has 38 heavy (non-hydrogen) atoms. The van der Waals surface area contributed by atoms with Gasteiger partial charge in [0, 0.05) is 5.69 Å². The van der Waals surface area contributed by atoms with Crippen LogP contribution in [-0.2, 0) is 0 Å². The van der Waals surface area contributed by atoms with E-state index in [4.69, 9.17) is 13.9 Å². The molecular weight excluding hydrogens is 478 g/mol. The van der Waals surface area contributed by atoms with E-state index in [9.17, 15) is 9.59 Å². The molecule has 0 radical (unpaired) electrons. The van der Waals surface area contributed by atoms with Gasteiger partial charge in [-0.1, -0.05) is 49.9 Å². The van der Waals surface area contributed by atoms with Gasteiger partial charge in [0.25, 0.3) is 5.91 Å². The van der Waals surface area contributed by atoms with Crippen molar-refractivity contribution in [3.63, 3.8) is 0 Å². The Morgan fingerprint density at radius 3 is 2.26 bits per heavy atom. The Kier molecular flexibility index (Phi) is 7.50. The average molecular weight is 512 g/mol. The molecule has 0 fully saturated rings. The van der Waals surface area contributed by atoms with Crippen molar-refractivity contribution in [2.45, 2.75) is 52.5 Å². The molecule has 5 rings (SSSR count). The number of hydrogen-bond donors (Lipinski definition) is 0. The number of unbranched alkanes of at least 4 members (excludes halogenated alkanes) is 3. The largest absolute Gasteiger partial charge is 0.494 e. The molecule has 6 heteroatoms. The van der Waals surface area contributed by atoms with Gasteiger partial charge in [0.05, 0.1) is 30.2 Å². The molecule has 0 saturated heterocycles. The summed E-state index contributed by atoms with van der Waals surface area (Å²) in [5, 5.41) is 0.474. The van der Waals surface area contributed by atoms with Crippen LogP contribution in [0.5, 0.6) is 11.5 Å². The number of aryl methyl sites for hydroxylation is 1. The van der Waals surface area contributed by atoms with E-state index in [0.717, 1.165) is 29.7 Å². The summed E-state index contributed by atoms with van der Waals surface area (Å²) < 4.78 is 17.6. The van der Waals surface area contributed by atoms with Crippen molar-refractivity contribution < 1.29 is 18.7 Å². The van der Waals surface area contributed by atoms with Gasteiger partial charge >= 0.3 is 0 Å². The summed E-state index contributed by atoms with van der Waals surface area (Å²) in [5.41, 5.74) is 3.00. The highest BCUT2D eigenvalue weighted by Crippen LogP contribution is 2.42. The van der Waals surface area contributed by atoms with Crippen LogP contribution in [0.2, 0.25) is 0 Å². The van der Waals surface area contributed by atoms with E-state index >= 15 is 0 Å². The molecule has 6 nitrogen and oxygen atoms in total.